The van der Waals surface area contributed by atoms with E-state index in [2.05, 4.69) is 15.3 Å². The number of aryl methyl sites for hydroxylation is 1. The van der Waals surface area contributed by atoms with Crippen LogP contribution in [-0.4, -0.2) is 36.3 Å². The summed E-state index contributed by atoms with van der Waals surface area (Å²) in [6.07, 6.45) is -1.83. The van der Waals surface area contributed by atoms with E-state index in [1.165, 1.54) is 13.2 Å². The molecule has 0 spiro atoms. The molecule has 0 aliphatic carbocycles. The van der Waals surface area contributed by atoms with Gasteiger partial charge in [0.25, 0.3) is 0 Å². The summed E-state index contributed by atoms with van der Waals surface area (Å²) >= 11 is 0. The maximum Gasteiger partial charge on any atom is 0.405 e. The van der Waals surface area contributed by atoms with Crippen molar-refractivity contribution in [2.45, 2.75) is 26.4 Å². The molecule has 1 rings (SSSR count). The molecule has 0 bridgehead atoms. The van der Waals surface area contributed by atoms with Crippen molar-refractivity contribution in [3.63, 3.8) is 0 Å². The molecular weight excluding hydrogens is 245 g/mol. The van der Waals surface area contributed by atoms with Gasteiger partial charge in [0.05, 0.1) is 0 Å². The largest absolute Gasteiger partial charge is 0.405 e. The van der Waals surface area contributed by atoms with E-state index >= 15 is 0 Å². The molecule has 0 fully saturated rings. The number of nitrogens with one attached hydrogen (secondary N) is 1. The fraction of sp³-hybridized carbons (Fsp3) is 0.636. The van der Waals surface area contributed by atoms with Crippen LogP contribution in [0.5, 0.6) is 0 Å². The summed E-state index contributed by atoms with van der Waals surface area (Å²) in [7, 11) is 1.37. The minimum atomic E-state index is -4.25. The van der Waals surface area contributed by atoms with Crippen LogP contribution in [0.1, 0.15) is 18.9 Å². The molecule has 0 aliphatic heterocycles. The normalized spacial score (nSPS) is 11.4. The fourth-order valence-electron chi connectivity index (χ4n) is 1.49. The van der Waals surface area contributed by atoms with E-state index in [9.17, 15) is 13.2 Å². The molecule has 0 atom stereocenters. The van der Waals surface area contributed by atoms with Gasteiger partial charge in [-0.05, 0) is 13.3 Å². The Balaban J connectivity index is 2.86. The lowest BCUT2D eigenvalue weighted by Gasteiger charge is -2.21. The van der Waals surface area contributed by atoms with Gasteiger partial charge in [-0.25, -0.2) is 4.98 Å². The van der Waals surface area contributed by atoms with Crippen LogP contribution < -0.4 is 10.2 Å². The lowest BCUT2D eigenvalue weighted by molar-refractivity contribution is -0.119. The molecule has 18 heavy (non-hydrogen) atoms. The van der Waals surface area contributed by atoms with E-state index in [0.29, 0.717) is 23.9 Å². The highest BCUT2D eigenvalue weighted by Crippen LogP contribution is 2.22. The first-order chi connectivity index (χ1) is 8.33. The number of anilines is 2. The average Bonchev–Trinajstić information content (AvgIpc) is 2.25. The van der Waals surface area contributed by atoms with E-state index in [-0.39, 0.29) is 0 Å². The Hall–Kier alpha value is -1.53. The second-order valence-corrected chi connectivity index (χ2v) is 4.10. The first-order valence-corrected chi connectivity index (χ1v) is 5.69. The number of aromatic nitrogens is 2. The van der Waals surface area contributed by atoms with Crippen LogP contribution in [-0.2, 0) is 0 Å². The smallest absolute Gasteiger partial charge is 0.354 e. The molecule has 0 saturated carbocycles. The average molecular weight is 262 g/mol. The first-order valence-electron chi connectivity index (χ1n) is 5.69. The van der Waals surface area contributed by atoms with Crippen molar-refractivity contribution < 1.29 is 13.2 Å². The molecule has 102 valence electrons. The van der Waals surface area contributed by atoms with Crippen LogP contribution in [0.2, 0.25) is 0 Å². The van der Waals surface area contributed by atoms with Crippen molar-refractivity contribution in [1.29, 1.82) is 0 Å². The van der Waals surface area contributed by atoms with Gasteiger partial charge in [0, 0.05) is 25.4 Å². The fourth-order valence-corrected chi connectivity index (χ4v) is 1.49. The Bertz CT molecular complexity index is 392. The number of alkyl halides is 3. The SMILES string of the molecule is CCCNc1ncc(C)c(N(C)CC(F)(F)F)n1. The lowest BCUT2D eigenvalue weighted by atomic mass is 10.3. The molecule has 4 nitrogen and oxygen atoms in total. The summed E-state index contributed by atoms with van der Waals surface area (Å²) in [5.74, 6) is 0.646. The molecule has 1 aromatic rings. The Morgan fingerprint density at radius 2 is 2.06 bits per heavy atom. The van der Waals surface area contributed by atoms with E-state index in [0.717, 1.165) is 11.3 Å². The maximum atomic E-state index is 12.3. The Kier molecular flexibility index (Phi) is 4.75. The summed E-state index contributed by atoms with van der Waals surface area (Å²) in [5.41, 5.74) is 0.615. The van der Waals surface area contributed by atoms with Gasteiger partial charge in [0.2, 0.25) is 5.95 Å². The summed E-state index contributed by atoms with van der Waals surface area (Å²) < 4.78 is 37.0. The molecular formula is C11H17F3N4. The minimum Gasteiger partial charge on any atom is -0.354 e. The summed E-state index contributed by atoms with van der Waals surface area (Å²) in [4.78, 5) is 9.20. The lowest BCUT2D eigenvalue weighted by Crippen LogP contribution is -2.32. The van der Waals surface area contributed by atoms with Gasteiger partial charge >= 0.3 is 6.18 Å². The number of halogens is 3. The predicted octanol–water partition coefficient (Wildman–Crippen LogP) is 2.61. The second-order valence-electron chi connectivity index (χ2n) is 4.10. The van der Waals surface area contributed by atoms with Crippen molar-refractivity contribution in [3.05, 3.63) is 11.8 Å². The first kappa shape index (κ1) is 14.5. The van der Waals surface area contributed by atoms with Gasteiger partial charge in [0.15, 0.2) is 0 Å². The predicted molar refractivity (Wildman–Crippen MR) is 64.9 cm³/mol. The zero-order valence-electron chi connectivity index (χ0n) is 10.7. The number of nitrogens with zero attached hydrogens (tertiary/aromatic N) is 3. The van der Waals surface area contributed by atoms with Crippen LogP contribution in [0.25, 0.3) is 0 Å². The van der Waals surface area contributed by atoms with Gasteiger partial charge < -0.3 is 10.2 Å². The van der Waals surface area contributed by atoms with E-state index in [1.54, 1.807) is 6.92 Å². The van der Waals surface area contributed by atoms with Crippen molar-refractivity contribution in [3.8, 4) is 0 Å². The van der Waals surface area contributed by atoms with Crippen LogP contribution >= 0.6 is 0 Å². The minimum absolute atomic E-state index is 0.293. The van der Waals surface area contributed by atoms with Crippen LogP contribution in [0, 0.1) is 6.92 Å². The van der Waals surface area contributed by atoms with Crippen LogP contribution in [0.3, 0.4) is 0 Å². The monoisotopic (exact) mass is 262 g/mol. The van der Waals surface area contributed by atoms with Gasteiger partial charge in [-0.2, -0.15) is 18.2 Å². The molecule has 1 heterocycles. The molecule has 1 N–H and O–H groups in total. The van der Waals surface area contributed by atoms with Crippen molar-refractivity contribution in [2.24, 2.45) is 0 Å². The third kappa shape index (κ3) is 4.38. The topological polar surface area (TPSA) is 41.1 Å². The Morgan fingerprint density at radius 1 is 1.39 bits per heavy atom. The van der Waals surface area contributed by atoms with Crippen LogP contribution in [0.4, 0.5) is 24.9 Å². The molecule has 0 saturated heterocycles. The quantitative estimate of drug-likeness (QED) is 0.885. The maximum absolute atomic E-state index is 12.3. The highest BCUT2D eigenvalue weighted by atomic mass is 19.4. The van der Waals surface area contributed by atoms with E-state index < -0.39 is 12.7 Å². The highest BCUT2D eigenvalue weighted by Gasteiger charge is 2.30. The molecule has 0 aliphatic rings. The zero-order chi connectivity index (χ0) is 13.8. The van der Waals surface area contributed by atoms with Gasteiger partial charge in [0.1, 0.15) is 12.4 Å². The summed E-state index contributed by atoms with van der Waals surface area (Å²) in [5, 5.41) is 2.95. The second kappa shape index (κ2) is 5.88. The molecule has 0 unspecified atom stereocenters. The molecule has 0 aromatic carbocycles. The Morgan fingerprint density at radius 3 is 2.61 bits per heavy atom. The molecule has 0 radical (unpaired) electrons. The molecule has 7 heteroatoms. The van der Waals surface area contributed by atoms with Gasteiger partial charge in [-0.3, -0.25) is 0 Å². The molecule has 0 amide bonds. The van der Waals surface area contributed by atoms with E-state index in [1.807, 2.05) is 6.92 Å². The zero-order valence-corrected chi connectivity index (χ0v) is 10.7. The van der Waals surface area contributed by atoms with Crippen LogP contribution in [0.15, 0.2) is 6.20 Å². The summed E-state index contributed by atoms with van der Waals surface area (Å²) in [6, 6.07) is 0. The number of hydrogen-bond donors (Lipinski definition) is 1. The highest BCUT2D eigenvalue weighted by molar-refractivity contribution is 5.48. The van der Waals surface area contributed by atoms with Gasteiger partial charge in [-0.15, -0.1) is 0 Å². The number of rotatable bonds is 5. The standard InChI is InChI=1S/C11H17F3N4/c1-4-5-15-10-16-6-8(2)9(17-10)18(3)7-11(12,13)14/h6H,4-5,7H2,1-3H3,(H,15,16,17). The van der Waals surface area contributed by atoms with Gasteiger partial charge in [-0.1, -0.05) is 6.92 Å². The van der Waals surface area contributed by atoms with E-state index in [4.69, 9.17) is 0 Å². The Labute approximate surface area is 104 Å². The van der Waals surface area contributed by atoms with Crippen molar-refractivity contribution in [1.82, 2.24) is 9.97 Å². The third-order valence-corrected chi connectivity index (χ3v) is 2.26. The number of hydrogen-bond acceptors (Lipinski definition) is 4. The molecule has 1 aromatic heterocycles. The summed E-state index contributed by atoms with van der Waals surface area (Å²) in [6.45, 7) is 3.33. The van der Waals surface area contributed by atoms with Crippen molar-refractivity contribution in [2.75, 3.05) is 30.4 Å². The third-order valence-electron chi connectivity index (χ3n) is 2.26. The van der Waals surface area contributed by atoms with Crippen molar-refractivity contribution >= 4 is 11.8 Å².